The Bertz CT molecular complexity index is 512. The maximum atomic E-state index is 13.1. The van der Waals surface area contributed by atoms with Crippen molar-refractivity contribution in [2.24, 2.45) is 0 Å². The quantitative estimate of drug-likeness (QED) is 0.816. The molecular weight excluding hydrogens is 233 g/mol. The van der Waals surface area contributed by atoms with E-state index in [1.165, 1.54) is 6.07 Å². The molecule has 0 aliphatic rings. The van der Waals surface area contributed by atoms with Crippen molar-refractivity contribution in [3.8, 4) is 0 Å². The van der Waals surface area contributed by atoms with Gasteiger partial charge >= 0.3 is 0 Å². The third-order valence-electron chi connectivity index (χ3n) is 2.67. The van der Waals surface area contributed by atoms with Crippen molar-refractivity contribution in [3.05, 3.63) is 47.4 Å². The lowest BCUT2D eigenvalue weighted by atomic mass is 10.2. The molecule has 1 aromatic carbocycles. The molecule has 0 aliphatic heterocycles. The van der Waals surface area contributed by atoms with Crippen LogP contribution in [0, 0.1) is 12.7 Å². The fraction of sp³-hybridized carbons (Fsp3) is 0.385. The molecule has 0 spiro atoms. The zero-order valence-corrected chi connectivity index (χ0v) is 10.6. The van der Waals surface area contributed by atoms with E-state index in [2.05, 4.69) is 15.1 Å². The van der Waals surface area contributed by atoms with Crippen molar-refractivity contribution in [3.63, 3.8) is 0 Å². The first-order valence-electron chi connectivity index (χ1n) is 5.93. The van der Waals surface area contributed by atoms with Crippen molar-refractivity contribution in [2.75, 3.05) is 6.54 Å². The van der Waals surface area contributed by atoms with E-state index in [9.17, 15) is 4.39 Å². The van der Waals surface area contributed by atoms with Gasteiger partial charge in [-0.3, -0.25) is 4.90 Å². The molecule has 0 saturated heterocycles. The van der Waals surface area contributed by atoms with Crippen LogP contribution in [0.2, 0.25) is 0 Å². The summed E-state index contributed by atoms with van der Waals surface area (Å²) in [4.78, 5) is 2.11. The molecule has 0 amide bonds. The van der Waals surface area contributed by atoms with Crippen molar-refractivity contribution < 1.29 is 8.81 Å². The standard InChI is InChI=1S/C13H16FN3O/c1-3-17(9-13-16-15-10(2)18-13)8-11-5-4-6-12(14)7-11/h4-7H,3,8-9H2,1-2H3. The molecule has 0 saturated carbocycles. The van der Waals surface area contributed by atoms with Gasteiger partial charge in [-0.1, -0.05) is 19.1 Å². The highest BCUT2D eigenvalue weighted by Crippen LogP contribution is 2.10. The molecule has 0 radical (unpaired) electrons. The summed E-state index contributed by atoms with van der Waals surface area (Å²) < 4.78 is 18.4. The summed E-state index contributed by atoms with van der Waals surface area (Å²) in [7, 11) is 0. The lowest BCUT2D eigenvalue weighted by molar-refractivity contribution is 0.240. The van der Waals surface area contributed by atoms with Crippen LogP contribution < -0.4 is 0 Å². The van der Waals surface area contributed by atoms with E-state index in [0.717, 1.165) is 12.1 Å². The number of hydrogen-bond acceptors (Lipinski definition) is 4. The summed E-state index contributed by atoms with van der Waals surface area (Å²) in [6, 6.07) is 6.61. The van der Waals surface area contributed by atoms with Crippen LogP contribution in [0.5, 0.6) is 0 Å². The molecule has 0 aliphatic carbocycles. The number of hydrogen-bond donors (Lipinski definition) is 0. The van der Waals surface area contributed by atoms with Crippen LogP contribution in [0.25, 0.3) is 0 Å². The zero-order chi connectivity index (χ0) is 13.0. The van der Waals surface area contributed by atoms with E-state index in [4.69, 9.17) is 4.42 Å². The van der Waals surface area contributed by atoms with Gasteiger partial charge in [-0.05, 0) is 24.2 Å². The molecule has 0 N–H and O–H groups in total. The highest BCUT2D eigenvalue weighted by atomic mass is 19.1. The number of rotatable bonds is 5. The summed E-state index contributed by atoms with van der Waals surface area (Å²) in [5.74, 6) is 0.940. The van der Waals surface area contributed by atoms with Crippen LogP contribution >= 0.6 is 0 Å². The van der Waals surface area contributed by atoms with Gasteiger partial charge in [0.05, 0.1) is 6.54 Å². The fourth-order valence-corrected chi connectivity index (χ4v) is 1.77. The minimum Gasteiger partial charge on any atom is -0.424 e. The minimum absolute atomic E-state index is 0.211. The first-order chi connectivity index (χ1) is 8.67. The molecule has 0 unspecified atom stereocenters. The molecule has 18 heavy (non-hydrogen) atoms. The number of aryl methyl sites for hydroxylation is 1. The smallest absolute Gasteiger partial charge is 0.230 e. The molecule has 96 valence electrons. The highest BCUT2D eigenvalue weighted by Gasteiger charge is 2.09. The van der Waals surface area contributed by atoms with E-state index in [-0.39, 0.29) is 5.82 Å². The van der Waals surface area contributed by atoms with Crippen molar-refractivity contribution in [1.29, 1.82) is 0 Å². The second-order valence-corrected chi connectivity index (χ2v) is 4.15. The molecule has 1 heterocycles. The maximum absolute atomic E-state index is 13.1. The van der Waals surface area contributed by atoms with Crippen LogP contribution in [-0.2, 0) is 13.1 Å². The average Bonchev–Trinajstić information content (AvgIpc) is 2.74. The Balaban J connectivity index is 2.01. The lowest BCUT2D eigenvalue weighted by Crippen LogP contribution is -2.22. The predicted octanol–water partition coefficient (Wildman–Crippen LogP) is 2.54. The molecule has 0 bridgehead atoms. The Hall–Kier alpha value is -1.75. The monoisotopic (exact) mass is 249 g/mol. The van der Waals surface area contributed by atoms with E-state index in [1.54, 1.807) is 19.1 Å². The zero-order valence-electron chi connectivity index (χ0n) is 10.6. The first-order valence-corrected chi connectivity index (χ1v) is 5.93. The Kier molecular flexibility index (Phi) is 4.04. The Labute approximate surface area is 105 Å². The Morgan fingerprint density at radius 3 is 2.72 bits per heavy atom. The van der Waals surface area contributed by atoms with Crippen LogP contribution in [0.4, 0.5) is 4.39 Å². The molecule has 1 aromatic heterocycles. The van der Waals surface area contributed by atoms with Crippen molar-refractivity contribution in [2.45, 2.75) is 26.9 Å². The normalized spacial score (nSPS) is 11.1. The van der Waals surface area contributed by atoms with Crippen LogP contribution in [0.15, 0.2) is 28.7 Å². The molecular formula is C13H16FN3O. The van der Waals surface area contributed by atoms with Gasteiger partial charge in [0.25, 0.3) is 0 Å². The van der Waals surface area contributed by atoms with Gasteiger partial charge in [-0.25, -0.2) is 4.39 Å². The number of nitrogens with zero attached hydrogens (tertiary/aromatic N) is 3. The van der Waals surface area contributed by atoms with Gasteiger partial charge in [-0.2, -0.15) is 0 Å². The Morgan fingerprint density at radius 1 is 1.28 bits per heavy atom. The second-order valence-electron chi connectivity index (χ2n) is 4.15. The van der Waals surface area contributed by atoms with E-state index >= 15 is 0 Å². The van der Waals surface area contributed by atoms with E-state index < -0.39 is 0 Å². The van der Waals surface area contributed by atoms with Gasteiger partial charge in [0.2, 0.25) is 11.8 Å². The molecule has 2 aromatic rings. The molecule has 5 heteroatoms. The SMILES string of the molecule is CCN(Cc1cccc(F)c1)Cc1nnc(C)o1. The van der Waals surface area contributed by atoms with E-state index in [0.29, 0.717) is 24.9 Å². The minimum atomic E-state index is -0.211. The average molecular weight is 249 g/mol. The number of aromatic nitrogens is 2. The molecule has 2 rings (SSSR count). The lowest BCUT2D eigenvalue weighted by Gasteiger charge is -2.18. The summed E-state index contributed by atoms with van der Waals surface area (Å²) in [5, 5.41) is 7.75. The third-order valence-corrected chi connectivity index (χ3v) is 2.67. The molecule has 4 nitrogen and oxygen atoms in total. The first kappa shape index (κ1) is 12.7. The van der Waals surface area contributed by atoms with Crippen LogP contribution in [0.1, 0.15) is 24.3 Å². The largest absolute Gasteiger partial charge is 0.424 e. The summed E-state index contributed by atoms with van der Waals surface area (Å²) in [5.41, 5.74) is 0.938. The van der Waals surface area contributed by atoms with Gasteiger partial charge in [-0.15, -0.1) is 10.2 Å². The number of halogens is 1. The third kappa shape index (κ3) is 3.37. The molecule has 0 atom stereocenters. The maximum Gasteiger partial charge on any atom is 0.230 e. The van der Waals surface area contributed by atoms with Crippen molar-refractivity contribution in [1.82, 2.24) is 15.1 Å². The summed E-state index contributed by atoms with van der Waals surface area (Å²) >= 11 is 0. The summed E-state index contributed by atoms with van der Waals surface area (Å²) in [6.07, 6.45) is 0. The van der Waals surface area contributed by atoms with Gasteiger partial charge in [0.15, 0.2) is 0 Å². The van der Waals surface area contributed by atoms with Crippen molar-refractivity contribution >= 4 is 0 Å². The predicted molar refractivity (Wildman–Crippen MR) is 65.2 cm³/mol. The molecule has 0 fully saturated rings. The van der Waals surface area contributed by atoms with Crippen LogP contribution in [0.3, 0.4) is 0 Å². The Morgan fingerprint density at radius 2 is 2.11 bits per heavy atom. The number of benzene rings is 1. The summed E-state index contributed by atoms with van der Waals surface area (Å²) in [6.45, 7) is 5.88. The van der Waals surface area contributed by atoms with Gasteiger partial charge in [0, 0.05) is 13.5 Å². The van der Waals surface area contributed by atoms with Crippen LogP contribution in [-0.4, -0.2) is 21.6 Å². The topological polar surface area (TPSA) is 42.2 Å². The second kappa shape index (κ2) is 5.73. The van der Waals surface area contributed by atoms with E-state index in [1.807, 2.05) is 13.0 Å². The van der Waals surface area contributed by atoms with Gasteiger partial charge in [0.1, 0.15) is 5.82 Å². The highest BCUT2D eigenvalue weighted by molar-refractivity contribution is 5.16. The fourth-order valence-electron chi connectivity index (χ4n) is 1.77. The van der Waals surface area contributed by atoms with Gasteiger partial charge < -0.3 is 4.42 Å².